The molecule has 14 heteroatoms. The fourth-order valence-corrected chi connectivity index (χ4v) is 6.22. The molecule has 0 aromatic carbocycles. The molecule has 0 aliphatic carbocycles. The summed E-state index contributed by atoms with van der Waals surface area (Å²) in [6.45, 7) is 33.1. The molecule has 0 spiro atoms. The molecule has 0 amide bonds. The van der Waals surface area contributed by atoms with Gasteiger partial charge in [0.2, 0.25) is 0 Å². The van der Waals surface area contributed by atoms with Crippen molar-refractivity contribution >= 4 is 32.4 Å². The van der Waals surface area contributed by atoms with Crippen molar-refractivity contribution in [3.8, 4) is 0 Å². The van der Waals surface area contributed by atoms with Crippen LogP contribution >= 0.6 is 20.5 Å². The number of carbonyl (C=O) groups excluding carboxylic acids is 1. The molecule has 1 aromatic rings. The Morgan fingerprint density at radius 2 is 1.34 bits per heavy atom. The number of ether oxygens (including phenoxy) is 2. The summed E-state index contributed by atoms with van der Waals surface area (Å²) < 4.78 is 34.6. The molecule has 1 aromatic heterocycles. The van der Waals surface area contributed by atoms with Crippen LogP contribution in [-0.2, 0) is 45.8 Å². The molecule has 0 radical (unpaired) electrons. The summed E-state index contributed by atoms with van der Waals surface area (Å²) in [7, 11) is -4.26. The molecule has 12 nitrogen and oxygen atoms in total. The van der Waals surface area contributed by atoms with E-state index in [1.807, 2.05) is 34.6 Å². The molecular weight excluding hydrogens is 681 g/mol. The van der Waals surface area contributed by atoms with E-state index in [4.69, 9.17) is 23.6 Å². The van der Waals surface area contributed by atoms with Crippen LogP contribution < -0.4 is 0 Å². The minimum absolute atomic E-state index is 0.0330. The number of hydrogen-bond acceptors (Lipinski definition) is 10. The summed E-state index contributed by atoms with van der Waals surface area (Å²) in [6, 6.07) is 0. The van der Waals surface area contributed by atoms with E-state index in [2.05, 4.69) is 78.3 Å². The Kier molecular flexibility index (Phi) is 21.5. The molecule has 0 saturated heterocycles. The van der Waals surface area contributed by atoms with E-state index in [1.165, 1.54) is 6.42 Å². The Hall–Kier alpha value is -1.50. The Balaban J connectivity index is 0. The first-order valence-corrected chi connectivity index (χ1v) is 19.5. The van der Waals surface area contributed by atoms with Gasteiger partial charge in [0.25, 0.3) is 0 Å². The first kappa shape index (κ1) is 50.6. The van der Waals surface area contributed by atoms with Crippen LogP contribution in [-0.4, -0.2) is 68.1 Å². The number of rotatable bonds is 18. The van der Waals surface area contributed by atoms with Gasteiger partial charge in [-0.15, -0.1) is 5.10 Å². The lowest BCUT2D eigenvalue weighted by Crippen LogP contribution is -2.36. The number of aryl methyl sites for hydroxylation is 1. The van der Waals surface area contributed by atoms with Crippen molar-refractivity contribution in [1.82, 2.24) is 15.0 Å². The zero-order valence-electron chi connectivity index (χ0n) is 34.1. The smallest absolute Gasteiger partial charge is 0.472 e. The highest BCUT2D eigenvalue weighted by Gasteiger charge is 2.36. The Morgan fingerprint density at radius 1 is 0.840 bits per heavy atom. The van der Waals surface area contributed by atoms with Gasteiger partial charge in [0.1, 0.15) is 17.0 Å². The van der Waals surface area contributed by atoms with E-state index in [9.17, 15) is 19.0 Å². The number of carboxylic acid groups (broad SMARTS) is 1. The average Bonchev–Trinajstić information content (AvgIpc) is 3.37. The SMILES string of the molecule is CC(C)(C)CC(C)(C)C(=O)O.CCC.CCn1cc(COP(=O)(O)OCC(C)(C)COCC(C)(C)CCOC(=O)C(C)(S)CC(C)(C)C)nn1. The van der Waals surface area contributed by atoms with Crippen molar-refractivity contribution < 1.29 is 42.7 Å². The van der Waals surface area contributed by atoms with Crippen LogP contribution in [0.2, 0.25) is 0 Å². The van der Waals surface area contributed by atoms with E-state index >= 15 is 0 Å². The van der Waals surface area contributed by atoms with E-state index in [0.717, 1.165) is 0 Å². The lowest BCUT2D eigenvalue weighted by Gasteiger charge is -2.31. The number of carbonyl (C=O) groups is 2. The van der Waals surface area contributed by atoms with Crippen LogP contribution in [0.5, 0.6) is 0 Å². The van der Waals surface area contributed by atoms with Gasteiger partial charge in [-0.3, -0.25) is 23.3 Å². The molecule has 0 aliphatic rings. The molecule has 50 heavy (non-hydrogen) atoms. The first-order valence-electron chi connectivity index (χ1n) is 17.5. The number of nitrogens with zero attached hydrogens (tertiary/aromatic N) is 3. The lowest BCUT2D eigenvalue weighted by atomic mass is 9.76. The predicted octanol–water partition coefficient (Wildman–Crippen LogP) is 9.01. The van der Waals surface area contributed by atoms with Gasteiger partial charge in [-0.1, -0.05) is 94.7 Å². The van der Waals surface area contributed by atoms with Crippen molar-refractivity contribution in [3.05, 3.63) is 11.9 Å². The number of aromatic nitrogens is 3. The van der Waals surface area contributed by atoms with E-state index in [1.54, 1.807) is 31.6 Å². The van der Waals surface area contributed by atoms with Crippen molar-refractivity contribution in [2.24, 2.45) is 27.1 Å². The number of aliphatic carboxylic acids is 1. The average molecular weight is 754 g/mol. The van der Waals surface area contributed by atoms with Gasteiger partial charge in [-0.25, -0.2) is 4.57 Å². The maximum Gasteiger partial charge on any atom is 0.472 e. The number of thiol groups is 1. The molecule has 0 bridgehead atoms. The summed E-state index contributed by atoms with van der Waals surface area (Å²) in [5, 5.41) is 16.5. The van der Waals surface area contributed by atoms with Crippen molar-refractivity contribution in [2.75, 3.05) is 26.4 Å². The monoisotopic (exact) mass is 753 g/mol. The number of hydrogen-bond donors (Lipinski definition) is 3. The van der Waals surface area contributed by atoms with E-state index < -0.39 is 29.4 Å². The molecule has 0 aliphatic heterocycles. The Labute approximate surface area is 309 Å². The summed E-state index contributed by atoms with van der Waals surface area (Å²) in [5.41, 5.74) is -0.875. The van der Waals surface area contributed by atoms with E-state index in [-0.39, 0.29) is 42.0 Å². The molecule has 2 atom stereocenters. The highest BCUT2D eigenvalue weighted by molar-refractivity contribution is 7.82. The van der Waals surface area contributed by atoms with Gasteiger partial charge in [0.05, 0.1) is 38.0 Å². The highest BCUT2D eigenvalue weighted by Crippen LogP contribution is 2.45. The molecule has 0 saturated carbocycles. The molecule has 296 valence electrons. The molecule has 1 rings (SSSR count). The van der Waals surface area contributed by atoms with Crippen molar-refractivity contribution in [2.45, 2.75) is 154 Å². The van der Waals surface area contributed by atoms with Gasteiger partial charge in [-0.2, -0.15) is 12.6 Å². The number of phosphoric ester groups is 1. The molecular formula is C36H72N3O9PS. The Morgan fingerprint density at radius 3 is 1.76 bits per heavy atom. The zero-order valence-corrected chi connectivity index (χ0v) is 35.9. The topological polar surface area (TPSA) is 159 Å². The standard InChI is InChI=1S/C24H46N3O7PS.C9H18O2.C3H8/c1-10-27-13-19(25-26-27)14-33-35(29,30)34-18-23(7,8)17-31-16-22(5,6)11-12-32-20(28)24(9,36)15-21(2,3)4;1-8(2,3)6-9(4,5)7(10)11;1-3-2/h13,36H,10-12,14-18H2,1-9H3,(H,29,30);6H2,1-5H3,(H,10,11);3H2,1-2H3. The fourth-order valence-electron chi connectivity index (χ4n) is 4.80. The molecule has 2 unspecified atom stereocenters. The third kappa shape index (κ3) is 25.5. The highest BCUT2D eigenvalue weighted by atomic mass is 32.1. The third-order valence-corrected chi connectivity index (χ3v) is 8.02. The zero-order chi connectivity index (χ0) is 39.8. The normalized spacial score (nSPS) is 15.1. The summed E-state index contributed by atoms with van der Waals surface area (Å²) >= 11 is 4.52. The van der Waals surface area contributed by atoms with Crippen molar-refractivity contribution in [3.63, 3.8) is 0 Å². The maximum atomic E-state index is 12.5. The second-order valence-electron chi connectivity index (χ2n) is 17.9. The summed E-state index contributed by atoms with van der Waals surface area (Å²) in [4.78, 5) is 33.2. The van der Waals surface area contributed by atoms with Crippen LogP contribution in [0.3, 0.4) is 0 Å². The van der Waals surface area contributed by atoms with Gasteiger partial charge in [-0.05, 0) is 63.2 Å². The number of carboxylic acids is 1. The first-order chi connectivity index (χ1) is 22.3. The molecule has 0 fully saturated rings. The van der Waals surface area contributed by atoms with Crippen LogP contribution in [0.1, 0.15) is 142 Å². The van der Waals surface area contributed by atoms with E-state index in [0.29, 0.717) is 44.7 Å². The van der Waals surface area contributed by atoms with Crippen LogP contribution in [0.25, 0.3) is 0 Å². The third-order valence-electron chi connectivity index (χ3n) is 6.77. The molecule has 1 heterocycles. The van der Waals surface area contributed by atoms with Crippen molar-refractivity contribution in [1.29, 1.82) is 0 Å². The van der Waals surface area contributed by atoms with Crippen LogP contribution in [0, 0.1) is 27.1 Å². The van der Waals surface area contributed by atoms with Gasteiger partial charge >= 0.3 is 19.8 Å². The van der Waals surface area contributed by atoms with Gasteiger partial charge in [0.15, 0.2) is 0 Å². The summed E-state index contributed by atoms with van der Waals surface area (Å²) in [5.74, 6) is -1.03. The fraction of sp³-hybridized carbons (Fsp3) is 0.889. The predicted molar refractivity (Wildman–Crippen MR) is 203 cm³/mol. The number of esters is 1. The maximum absolute atomic E-state index is 12.5. The second-order valence-corrected chi connectivity index (χ2v) is 20.4. The largest absolute Gasteiger partial charge is 0.481 e. The van der Waals surface area contributed by atoms with Gasteiger partial charge < -0.3 is 19.5 Å². The minimum atomic E-state index is -4.26. The van der Waals surface area contributed by atoms with Gasteiger partial charge in [0, 0.05) is 12.0 Å². The molecule has 2 N–H and O–H groups in total. The summed E-state index contributed by atoms with van der Waals surface area (Å²) in [6.07, 6.45) is 4.83. The number of phosphoric acid groups is 1. The Bertz CT molecular complexity index is 1190. The quantitative estimate of drug-likeness (QED) is 0.0746. The van der Waals surface area contributed by atoms with Crippen LogP contribution in [0.4, 0.5) is 0 Å². The lowest BCUT2D eigenvalue weighted by molar-refractivity contribution is -0.149. The second kappa shape index (κ2) is 21.3. The minimum Gasteiger partial charge on any atom is -0.481 e. The van der Waals surface area contributed by atoms with Crippen LogP contribution in [0.15, 0.2) is 6.20 Å².